The van der Waals surface area contributed by atoms with E-state index in [-0.39, 0.29) is 11.2 Å². The van der Waals surface area contributed by atoms with Crippen LogP contribution in [0.15, 0.2) is 21.1 Å². The Balaban J connectivity index is 3.04. The van der Waals surface area contributed by atoms with E-state index < -0.39 is 11.2 Å². The molecule has 0 aliphatic carbocycles. The van der Waals surface area contributed by atoms with Crippen molar-refractivity contribution in [3.8, 4) is 0 Å². The van der Waals surface area contributed by atoms with Crippen LogP contribution in [0, 0.1) is 0 Å². The lowest BCUT2D eigenvalue weighted by Crippen LogP contribution is -2.31. The molecule has 14 heavy (non-hydrogen) atoms. The molecule has 0 bridgehead atoms. The second kappa shape index (κ2) is 2.75. The van der Waals surface area contributed by atoms with Gasteiger partial charge in [-0.15, -0.1) is 5.53 Å². The summed E-state index contributed by atoms with van der Waals surface area (Å²) in [6.07, 6.45) is 1.25. The molecule has 0 saturated carbocycles. The number of rotatable bonds is 1. The summed E-state index contributed by atoms with van der Waals surface area (Å²) in [6, 6.07) is 0. The van der Waals surface area contributed by atoms with Crippen LogP contribution in [0.2, 0.25) is 0 Å². The molecule has 0 aliphatic rings. The van der Waals surface area contributed by atoms with Gasteiger partial charge in [-0.1, -0.05) is 4.68 Å². The topological polar surface area (TPSA) is 132 Å². The monoisotopic (exact) mass is 193 g/mol. The fraction of sp³-hybridized carbons (Fsp3) is 0. The molecular weight excluding hydrogens is 190 g/mol. The third kappa shape index (κ3) is 0.967. The molecule has 2 heterocycles. The number of H-pyrrole nitrogens is 2. The smallest absolute Gasteiger partial charge is 0.337 e. The summed E-state index contributed by atoms with van der Waals surface area (Å²) in [4.78, 5) is 33.4. The van der Waals surface area contributed by atoms with E-state index in [1.165, 1.54) is 6.33 Å². The molecule has 0 fully saturated rings. The van der Waals surface area contributed by atoms with Crippen molar-refractivity contribution in [1.29, 1.82) is 0 Å². The number of hydrogen-bond donors (Lipinski definition) is 2. The number of aromatic amines is 2. The standard InChI is InChI=1S/C5H3N7O2/c6-10-11-12-4(13)2-3(8-1-7-2)9-5(12)14/h1H,(H,7,8)(H,9,14). The number of fused-ring (bicyclic) bond motifs is 1. The fourth-order valence-corrected chi connectivity index (χ4v) is 1.03. The minimum Gasteiger partial charge on any atom is -0.337 e. The van der Waals surface area contributed by atoms with Crippen molar-refractivity contribution in [3.05, 3.63) is 37.6 Å². The lowest BCUT2D eigenvalue weighted by atomic mass is 10.5. The van der Waals surface area contributed by atoms with Gasteiger partial charge in [0, 0.05) is 0 Å². The van der Waals surface area contributed by atoms with Gasteiger partial charge in [0.15, 0.2) is 11.2 Å². The Bertz CT molecular complexity index is 640. The second-order valence-corrected chi connectivity index (χ2v) is 2.35. The quantitative estimate of drug-likeness (QED) is 0.358. The number of aromatic nitrogens is 4. The Labute approximate surface area is 74.6 Å². The summed E-state index contributed by atoms with van der Waals surface area (Å²) >= 11 is 0. The third-order valence-corrected chi connectivity index (χ3v) is 1.59. The highest BCUT2D eigenvalue weighted by Crippen LogP contribution is 1.94. The van der Waals surface area contributed by atoms with Crippen LogP contribution < -0.4 is 11.2 Å². The van der Waals surface area contributed by atoms with E-state index in [0.29, 0.717) is 4.68 Å². The van der Waals surface area contributed by atoms with Crippen molar-refractivity contribution >= 4 is 11.2 Å². The average Bonchev–Trinajstić information content (AvgIpc) is 2.60. The van der Waals surface area contributed by atoms with E-state index in [4.69, 9.17) is 5.53 Å². The van der Waals surface area contributed by atoms with Crippen LogP contribution in [0.3, 0.4) is 0 Å². The molecule has 0 radical (unpaired) electrons. The van der Waals surface area contributed by atoms with Crippen LogP contribution in [0.5, 0.6) is 0 Å². The zero-order chi connectivity index (χ0) is 10.1. The number of hydrogen-bond acceptors (Lipinski definition) is 4. The van der Waals surface area contributed by atoms with Gasteiger partial charge in [-0.3, -0.25) is 4.98 Å². The first-order valence-corrected chi connectivity index (χ1v) is 3.48. The van der Waals surface area contributed by atoms with Crippen LogP contribution >= 0.6 is 0 Å². The van der Waals surface area contributed by atoms with Gasteiger partial charge in [0.1, 0.15) is 0 Å². The molecule has 0 spiro atoms. The van der Waals surface area contributed by atoms with Crippen molar-refractivity contribution in [2.75, 3.05) is 0 Å². The van der Waals surface area contributed by atoms with Crippen LogP contribution in [0.4, 0.5) is 0 Å². The van der Waals surface area contributed by atoms with Gasteiger partial charge in [-0.05, 0) is 5.22 Å². The molecule has 2 aromatic rings. The highest BCUT2D eigenvalue weighted by molar-refractivity contribution is 5.67. The largest absolute Gasteiger partial charge is 0.425 e. The second-order valence-electron chi connectivity index (χ2n) is 2.35. The molecule has 0 aliphatic heterocycles. The van der Waals surface area contributed by atoms with E-state index >= 15 is 0 Å². The molecule has 2 aromatic heterocycles. The summed E-state index contributed by atoms with van der Waals surface area (Å²) in [5, 5.41) is 2.93. The van der Waals surface area contributed by atoms with Gasteiger partial charge in [0.05, 0.1) is 6.33 Å². The molecule has 2 N–H and O–H groups in total. The van der Waals surface area contributed by atoms with Crippen molar-refractivity contribution in [1.82, 2.24) is 19.6 Å². The summed E-state index contributed by atoms with van der Waals surface area (Å²) in [7, 11) is 0. The molecule has 0 atom stereocenters. The predicted molar refractivity (Wildman–Crippen MR) is 45.5 cm³/mol. The minimum absolute atomic E-state index is 0.0806. The van der Waals surface area contributed by atoms with Crippen LogP contribution in [0.25, 0.3) is 21.6 Å². The third-order valence-electron chi connectivity index (χ3n) is 1.59. The first kappa shape index (κ1) is 8.08. The molecule has 9 heteroatoms. The number of nitrogens with zero attached hydrogens (tertiary/aromatic N) is 5. The normalized spacial score (nSPS) is 10.0. The molecule has 0 aromatic carbocycles. The van der Waals surface area contributed by atoms with Gasteiger partial charge >= 0.3 is 11.2 Å². The molecule has 0 amide bonds. The Morgan fingerprint density at radius 2 is 2.36 bits per heavy atom. The van der Waals surface area contributed by atoms with E-state index in [9.17, 15) is 9.59 Å². The molecule has 2 rings (SSSR count). The maximum Gasteiger partial charge on any atom is 0.425 e. The Kier molecular flexibility index (Phi) is 1.58. The van der Waals surface area contributed by atoms with Gasteiger partial charge in [-0.2, -0.15) is 4.91 Å². The average molecular weight is 193 g/mol. The van der Waals surface area contributed by atoms with Crippen molar-refractivity contribution < 1.29 is 0 Å². The van der Waals surface area contributed by atoms with Gasteiger partial charge in [0.2, 0.25) is 0 Å². The van der Waals surface area contributed by atoms with Crippen molar-refractivity contribution in [2.45, 2.75) is 0 Å². The van der Waals surface area contributed by atoms with Crippen LogP contribution in [-0.2, 0) is 0 Å². The Hall–Kier alpha value is -2.54. The van der Waals surface area contributed by atoms with Crippen molar-refractivity contribution in [2.24, 2.45) is 5.22 Å². The zero-order valence-corrected chi connectivity index (χ0v) is 6.63. The molecular formula is C5H3N7O2. The molecule has 70 valence electrons. The number of imidazole rings is 1. The van der Waals surface area contributed by atoms with Gasteiger partial charge in [-0.25, -0.2) is 14.6 Å². The van der Waals surface area contributed by atoms with E-state index in [1.807, 2.05) is 0 Å². The zero-order valence-electron chi connectivity index (χ0n) is 6.63. The van der Waals surface area contributed by atoms with Crippen molar-refractivity contribution in [3.63, 3.8) is 0 Å². The van der Waals surface area contributed by atoms with E-state index in [0.717, 1.165) is 0 Å². The lowest BCUT2D eigenvalue weighted by molar-refractivity contribution is 0.753. The van der Waals surface area contributed by atoms with E-state index in [2.05, 4.69) is 25.1 Å². The first-order chi connectivity index (χ1) is 6.74. The highest BCUT2D eigenvalue weighted by Gasteiger charge is 2.11. The van der Waals surface area contributed by atoms with Crippen LogP contribution in [-0.4, -0.2) is 19.6 Å². The highest BCUT2D eigenvalue weighted by atomic mass is 16.2. The van der Waals surface area contributed by atoms with Crippen LogP contribution in [0.1, 0.15) is 0 Å². The van der Waals surface area contributed by atoms with E-state index in [1.54, 1.807) is 0 Å². The van der Waals surface area contributed by atoms with Gasteiger partial charge < -0.3 is 4.98 Å². The minimum atomic E-state index is -0.826. The number of azide groups is 1. The summed E-state index contributed by atoms with van der Waals surface area (Å²) in [5.74, 6) is 0. The van der Waals surface area contributed by atoms with Gasteiger partial charge in [0.25, 0.3) is 0 Å². The summed E-state index contributed by atoms with van der Waals surface area (Å²) in [6.45, 7) is 0. The lowest BCUT2D eigenvalue weighted by Gasteiger charge is -1.88. The summed E-state index contributed by atoms with van der Waals surface area (Å²) in [5.41, 5.74) is 6.76. The Morgan fingerprint density at radius 1 is 1.57 bits per heavy atom. The maximum absolute atomic E-state index is 11.4. The summed E-state index contributed by atoms with van der Waals surface area (Å²) < 4.78 is 0.376. The fourth-order valence-electron chi connectivity index (χ4n) is 1.03. The maximum atomic E-state index is 11.4. The number of nitrogens with one attached hydrogen (secondary N) is 2. The molecule has 0 saturated heterocycles. The molecule has 0 unspecified atom stereocenters. The first-order valence-electron chi connectivity index (χ1n) is 3.48. The molecule has 9 nitrogen and oxygen atoms in total. The Morgan fingerprint density at radius 3 is 3.07 bits per heavy atom. The predicted octanol–water partition coefficient (Wildman–Crippen LogP) is -0.514. The SMILES string of the molecule is [N-]=[N+]=Nn1c(=O)[nH]c2nc[nH]c2c1=O.